The topological polar surface area (TPSA) is 15.3 Å². The lowest BCUT2D eigenvalue weighted by Gasteiger charge is -2.21. The molecular formula is C15H22N2. The lowest BCUT2D eigenvalue weighted by Crippen LogP contribution is -2.23. The van der Waals surface area contributed by atoms with Gasteiger partial charge in [0.1, 0.15) is 0 Å². The van der Waals surface area contributed by atoms with E-state index in [1.54, 1.807) is 0 Å². The summed E-state index contributed by atoms with van der Waals surface area (Å²) in [4.78, 5) is 2.59. The molecule has 1 N–H and O–H groups in total. The Hall–Kier alpha value is -1.02. The first-order chi connectivity index (χ1) is 8.14. The summed E-state index contributed by atoms with van der Waals surface area (Å²) in [7, 11) is 0. The van der Waals surface area contributed by atoms with Crippen molar-refractivity contribution >= 4 is 5.69 Å². The predicted molar refractivity (Wildman–Crippen MR) is 72.3 cm³/mol. The highest BCUT2D eigenvalue weighted by atomic mass is 15.2. The molecule has 0 spiro atoms. The molecule has 2 aliphatic heterocycles. The molecule has 2 aliphatic rings. The van der Waals surface area contributed by atoms with Crippen molar-refractivity contribution in [2.45, 2.75) is 33.2 Å². The van der Waals surface area contributed by atoms with Gasteiger partial charge in [-0.25, -0.2) is 0 Å². The summed E-state index contributed by atoms with van der Waals surface area (Å²) in [6.07, 6.45) is 2.52. The van der Waals surface area contributed by atoms with Gasteiger partial charge < -0.3 is 5.32 Å². The van der Waals surface area contributed by atoms with Crippen molar-refractivity contribution in [3.05, 3.63) is 29.3 Å². The molecule has 0 unspecified atom stereocenters. The Morgan fingerprint density at radius 1 is 1.35 bits per heavy atom. The summed E-state index contributed by atoms with van der Waals surface area (Å²) < 4.78 is 0. The second-order valence-electron chi connectivity index (χ2n) is 6.25. The highest BCUT2D eigenvalue weighted by Crippen LogP contribution is 2.32. The van der Waals surface area contributed by atoms with Crippen LogP contribution in [0.15, 0.2) is 18.2 Å². The molecule has 92 valence electrons. The molecule has 17 heavy (non-hydrogen) atoms. The van der Waals surface area contributed by atoms with Crippen molar-refractivity contribution in [3.8, 4) is 0 Å². The highest BCUT2D eigenvalue weighted by Gasteiger charge is 2.29. The Morgan fingerprint density at radius 2 is 2.24 bits per heavy atom. The van der Waals surface area contributed by atoms with Crippen LogP contribution >= 0.6 is 0 Å². The number of nitrogens with zero attached hydrogens (tertiary/aromatic N) is 1. The molecule has 0 amide bonds. The van der Waals surface area contributed by atoms with Crippen molar-refractivity contribution in [3.63, 3.8) is 0 Å². The van der Waals surface area contributed by atoms with Gasteiger partial charge in [-0.3, -0.25) is 4.90 Å². The molecule has 1 aromatic carbocycles. The molecule has 1 saturated heterocycles. The van der Waals surface area contributed by atoms with Gasteiger partial charge in [-0.2, -0.15) is 0 Å². The fraction of sp³-hybridized carbons (Fsp3) is 0.600. The summed E-state index contributed by atoms with van der Waals surface area (Å²) >= 11 is 0. The zero-order valence-electron chi connectivity index (χ0n) is 10.9. The monoisotopic (exact) mass is 230 g/mol. The van der Waals surface area contributed by atoms with Crippen molar-refractivity contribution in [2.24, 2.45) is 5.41 Å². The molecule has 3 rings (SSSR count). The number of fused-ring (bicyclic) bond motifs is 1. The minimum atomic E-state index is 0.505. The Balaban J connectivity index is 1.76. The van der Waals surface area contributed by atoms with Gasteiger partial charge in [0.25, 0.3) is 0 Å². The first-order valence-electron chi connectivity index (χ1n) is 6.71. The average Bonchev–Trinajstić information content (AvgIpc) is 2.85. The largest absolute Gasteiger partial charge is 0.384 e. The minimum absolute atomic E-state index is 0.505. The molecule has 0 aromatic heterocycles. The normalized spacial score (nSPS) is 22.5. The lowest BCUT2D eigenvalue weighted by atomic mass is 9.93. The van der Waals surface area contributed by atoms with Crippen LogP contribution in [0.3, 0.4) is 0 Å². The average molecular weight is 230 g/mol. The van der Waals surface area contributed by atoms with Crippen molar-refractivity contribution in [1.82, 2.24) is 4.90 Å². The molecule has 0 saturated carbocycles. The SMILES string of the molecule is CC1(C)CCN(Cc2cccc3c2NCC3)C1. The number of hydrogen-bond acceptors (Lipinski definition) is 2. The van der Waals surface area contributed by atoms with Crippen LogP contribution < -0.4 is 5.32 Å². The summed E-state index contributed by atoms with van der Waals surface area (Å²) in [5, 5.41) is 3.54. The summed E-state index contributed by atoms with van der Waals surface area (Å²) in [6.45, 7) is 9.45. The molecule has 0 aliphatic carbocycles. The zero-order valence-corrected chi connectivity index (χ0v) is 10.9. The Morgan fingerprint density at radius 3 is 3.00 bits per heavy atom. The van der Waals surface area contributed by atoms with Crippen LogP contribution in [0, 0.1) is 5.41 Å². The standard InChI is InChI=1S/C15H22N2/c1-15(2)7-9-17(11-15)10-13-5-3-4-12-6-8-16-14(12)13/h3-5,16H,6-11H2,1-2H3. The van der Waals surface area contributed by atoms with Crippen molar-refractivity contribution in [2.75, 3.05) is 25.0 Å². The lowest BCUT2D eigenvalue weighted by molar-refractivity contribution is 0.285. The van der Waals surface area contributed by atoms with Crippen molar-refractivity contribution in [1.29, 1.82) is 0 Å². The molecular weight excluding hydrogens is 208 g/mol. The number of benzene rings is 1. The first-order valence-corrected chi connectivity index (χ1v) is 6.71. The van der Waals surface area contributed by atoms with Gasteiger partial charge in [0.05, 0.1) is 0 Å². The molecule has 0 bridgehead atoms. The van der Waals surface area contributed by atoms with E-state index >= 15 is 0 Å². The van der Waals surface area contributed by atoms with Gasteiger partial charge in [-0.1, -0.05) is 32.0 Å². The Kier molecular flexibility index (Phi) is 2.62. The summed E-state index contributed by atoms with van der Waals surface area (Å²) in [6, 6.07) is 6.75. The summed E-state index contributed by atoms with van der Waals surface area (Å²) in [5.74, 6) is 0. The van der Waals surface area contributed by atoms with E-state index in [1.165, 1.54) is 42.7 Å². The van der Waals surface area contributed by atoms with E-state index in [9.17, 15) is 0 Å². The van der Waals surface area contributed by atoms with E-state index in [-0.39, 0.29) is 0 Å². The van der Waals surface area contributed by atoms with E-state index in [2.05, 4.69) is 42.3 Å². The smallest absolute Gasteiger partial charge is 0.0419 e. The third-order valence-electron chi connectivity index (χ3n) is 4.08. The van der Waals surface area contributed by atoms with Crippen molar-refractivity contribution < 1.29 is 0 Å². The van der Waals surface area contributed by atoms with Gasteiger partial charge in [0.15, 0.2) is 0 Å². The van der Waals surface area contributed by atoms with Gasteiger partial charge in [0, 0.05) is 25.3 Å². The van der Waals surface area contributed by atoms with Crippen LogP contribution in [0.2, 0.25) is 0 Å². The second-order valence-corrected chi connectivity index (χ2v) is 6.25. The fourth-order valence-electron chi connectivity index (χ4n) is 3.14. The van der Waals surface area contributed by atoms with Crippen LogP contribution in [-0.2, 0) is 13.0 Å². The molecule has 0 atom stereocenters. The number of anilines is 1. The number of likely N-dealkylation sites (tertiary alicyclic amines) is 1. The van der Waals surface area contributed by atoms with Crippen LogP contribution in [0.25, 0.3) is 0 Å². The second kappa shape index (κ2) is 4.02. The zero-order chi connectivity index (χ0) is 11.9. The molecule has 2 heteroatoms. The molecule has 0 radical (unpaired) electrons. The van der Waals surface area contributed by atoms with Gasteiger partial charge in [0.2, 0.25) is 0 Å². The first kappa shape index (κ1) is 11.1. The molecule has 1 aromatic rings. The highest BCUT2D eigenvalue weighted by molar-refractivity contribution is 5.61. The van der Waals surface area contributed by atoms with Gasteiger partial charge in [-0.05, 0) is 35.9 Å². The molecule has 1 fully saturated rings. The maximum Gasteiger partial charge on any atom is 0.0419 e. The molecule has 2 heterocycles. The number of rotatable bonds is 2. The number of hydrogen-bond donors (Lipinski definition) is 1. The van der Waals surface area contributed by atoms with E-state index < -0.39 is 0 Å². The van der Waals surface area contributed by atoms with Gasteiger partial charge >= 0.3 is 0 Å². The van der Waals surface area contributed by atoms with E-state index in [1.807, 2.05) is 0 Å². The maximum absolute atomic E-state index is 3.54. The fourth-order valence-corrected chi connectivity index (χ4v) is 3.14. The summed E-state index contributed by atoms with van der Waals surface area (Å²) in [5.41, 5.74) is 4.90. The van der Waals surface area contributed by atoms with E-state index in [0.717, 1.165) is 13.1 Å². The minimum Gasteiger partial charge on any atom is -0.384 e. The number of para-hydroxylation sites is 1. The van der Waals surface area contributed by atoms with E-state index in [4.69, 9.17) is 0 Å². The third kappa shape index (κ3) is 2.19. The predicted octanol–water partition coefficient (Wildman–Crippen LogP) is 2.89. The van der Waals surface area contributed by atoms with E-state index in [0.29, 0.717) is 5.41 Å². The quantitative estimate of drug-likeness (QED) is 0.840. The molecule has 2 nitrogen and oxygen atoms in total. The maximum atomic E-state index is 3.54. The Labute approximate surface area is 104 Å². The van der Waals surface area contributed by atoms with Gasteiger partial charge in [-0.15, -0.1) is 0 Å². The van der Waals surface area contributed by atoms with Crippen LogP contribution in [0.4, 0.5) is 5.69 Å². The Bertz CT molecular complexity index is 423. The van der Waals surface area contributed by atoms with Crippen LogP contribution in [0.1, 0.15) is 31.4 Å². The number of nitrogens with one attached hydrogen (secondary N) is 1. The van der Waals surface area contributed by atoms with Crippen LogP contribution in [0.5, 0.6) is 0 Å². The third-order valence-corrected chi connectivity index (χ3v) is 4.08. The van der Waals surface area contributed by atoms with Crippen LogP contribution in [-0.4, -0.2) is 24.5 Å².